The Kier molecular flexibility index (Phi) is 6.09. The van der Waals surface area contributed by atoms with Crippen LogP contribution >= 0.6 is 15.9 Å². The third-order valence-corrected chi connectivity index (χ3v) is 7.91. The lowest BCUT2D eigenvalue weighted by atomic mass is 9.63. The molecule has 2 aromatic carbocycles. The molecular weight excluding hydrogens is 438 g/mol. The molecule has 2 atom stereocenters. The van der Waals surface area contributed by atoms with Gasteiger partial charge >= 0.3 is 0 Å². The molecule has 0 heterocycles. The van der Waals surface area contributed by atoms with E-state index in [0.717, 1.165) is 45.9 Å². The number of Topliss-reactive ketones (excluding diaryl/α,β-unsaturated/α-hetero) is 1. The Hall–Kier alpha value is -1.65. The van der Waals surface area contributed by atoms with Crippen LogP contribution in [0.3, 0.4) is 0 Å². The second kappa shape index (κ2) is 8.47. The summed E-state index contributed by atoms with van der Waals surface area (Å²) in [5.74, 6) is 2.05. The molecule has 0 amide bonds. The van der Waals surface area contributed by atoms with E-state index >= 15 is 0 Å². The molecule has 0 unspecified atom stereocenters. The van der Waals surface area contributed by atoms with Crippen LogP contribution in [0.1, 0.15) is 62.0 Å². The highest BCUT2D eigenvalue weighted by Gasteiger charge is 2.48. The first-order valence-corrected chi connectivity index (χ1v) is 11.9. The maximum atomic E-state index is 13.7. The highest BCUT2D eigenvalue weighted by molar-refractivity contribution is 9.10. The lowest BCUT2D eigenvalue weighted by molar-refractivity contribution is 0.0593. The monoisotopic (exact) mass is 469 g/mol. The van der Waals surface area contributed by atoms with Crippen LogP contribution in [0.15, 0.2) is 46.9 Å². The Morgan fingerprint density at radius 3 is 2.47 bits per heavy atom. The van der Waals surface area contributed by atoms with Gasteiger partial charge in [-0.2, -0.15) is 0 Å². The molecule has 4 heteroatoms. The minimum atomic E-state index is -0.143. The van der Waals surface area contributed by atoms with Crippen molar-refractivity contribution in [3.63, 3.8) is 0 Å². The standard InChI is InChI=1S/C26H32BrNO2/c1-5-28(15-18-11-12-18)24-17(2)26(3,4)22-20(25(24)29)13-14-21(23(22)27)30-16-19-9-7-6-8-10-19/h6-10,13-14,17-18,24H,5,11-12,15-16H2,1-4H3/t17-,24-/m0/s1. The lowest BCUT2D eigenvalue weighted by Gasteiger charge is -2.47. The van der Waals surface area contributed by atoms with Gasteiger partial charge in [-0.3, -0.25) is 9.69 Å². The number of hydrogen-bond acceptors (Lipinski definition) is 3. The molecule has 0 bridgehead atoms. The summed E-state index contributed by atoms with van der Waals surface area (Å²) in [5, 5.41) is 0. The molecule has 0 radical (unpaired) electrons. The number of ether oxygens (including phenoxy) is 1. The van der Waals surface area contributed by atoms with E-state index in [2.05, 4.69) is 60.7 Å². The van der Waals surface area contributed by atoms with Crippen molar-refractivity contribution >= 4 is 21.7 Å². The topological polar surface area (TPSA) is 29.5 Å². The van der Waals surface area contributed by atoms with Crippen molar-refractivity contribution in [2.24, 2.45) is 11.8 Å². The predicted molar refractivity (Wildman–Crippen MR) is 125 cm³/mol. The van der Waals surface area contributed by atoms with E-state index in [4.69, 9.17) is 4.74 Å². The van der Waals surface area contributed by atoms with Crippen LogP contribution in [0.25, 0.3) is 0 Å². The van der Waals surface area contributed by atoms with Crippen molar-refractivity contribution in [2.75, 3.05) is 13.1 Å². The Morgan fingerprint density at radius 1 is 1.13 bits per heavy atom. The van der Waals surface area contributed by atoms with Crippen molar-refractivity contribution in [1.29, 1.82) is 0 Å². The second-order valence-corrected chi connectivity index (χ2v) is 10.2. The van der Waals surface area contributed by atoms with Crippen molar-refractivity contribution in [3.05, 3.63) is 63.6 Å². The van der Waals surface area contributed by atoms with Gasteiger partial charge in [0.25, 0.3) is 0 Å². The molecule has 0 saturated heterocycles. The molecule has 1 fully saturated rings. The van der Waals surface area contributed by atoms with Crippen molar-refractivity contribution in [2.45, 2.75) is 58.6 Å². The zero-order chi connectivity index (χ0) is 21.5. The molecule has 4 rings (SSSR count). The molecule has 30 heavy (non-hydrogen) atoms. The van der Waals surface area contributed by atoms with Crippen molar-refractivity contribution in [3.8, 4) is 5.75 Å². The van der Waals surface area contributed by atoms with Crippen LogP contribution in [-0.2, 0) is 12.0 Å². The summed E-state index contributed by atoms with van der Waals surface area (Å²) in [6.07, 6.45) is 2.61. The number of likely N-dealkylation sites (N-methyl/N-ethyl adjacent to an activating group) is 1. The minimum absolute atomic E-state index is 0.0545. The summed E-state index contributed by atoms with van der Waals surface area (Å²) in [7, 11) is 0. The first-order valence-electron chi connectivity index (χ1n) is 11.1. The van der Waals surface area contributed by atoms with Gasteiger partial charge in [0.2, 0.25) is 0 Å². The third kappa shape index (κ3) is 3.97. The van der Waals surface area contributed by atoms with Crippen LogP contribution in [0.5, 0.6) is 5.75 Å². The van der Waals surface area contributed by atoms with E-state index in [1.807, 2.05) is 30.3 Å². The number of carbonyl (C=O) groups excluding carboxylic acids is 1. The van der Waals surface area contributed by atoms with Crippen LogP contribution < -0.4 is 4.74 Å². The summed E-state index contributed by atoms with van der Waals surface area (Å²) >= 11 is 3.80. The summed E-state index contributed by atoms with van der Waals surface area (Å²) < 4.78 is 7.06. The number of ketones is 1. The second-order valence-electron chi connectivity index (χ2n) is 9.42. The van der Waals surface area contributed by atoms with Crippen LogP contribution in [0.2, 0.25) is 0 Å². The minimum Gasteiger partial charge on any atom is -0.488 e. The van der Waals surface area contributed by atoms with Gasteiger partial charge in [-0.15, -0.1) is 0 Å². The molecule has 0 aliphatic heterocycles. The first kappa shape index (κ1) is 21.6. The highest BCUT2D eigenvalue weighted by atomic mass is 79.9. The van der Waals surface area contributed by atoms with Crippen molar-refractivity contribution < 1.29 is 9.53 Å². The number of hydrogen-bond donors (Lipinski definition) is 0. The zero-order valence-electron chi connectivity index (χ0n) is 18.5. The zero-order valence-corrected chi connectivity index (χ0v) is 20.0. The molecule has 2 aliphatic carbocycles. The number of rotatable bonds is 7. The summed E-state index contributed by atoms with van der Waals surface area (Å²) in [5.41, 5.74) is 2.92. The third-order valence-electron chi connectivity index (χ3n) is 7.12. The van der Waals surface area contributed by atoms with Gasteiger partial charge in [0.15, 0.2) is 5.78 Å². The van der Waals surface area contributed by atoms with E-state index in [-0.39, 0.29) is 23.2 Å². The van der Waals surface area contributed by atoms with E-state index in [0.29, 0.717) is 6.61 Å². The largest absolute Gasteiger partial charge is 0.488 e. The maximum Gasteiger partial charge on any atom is 0.180 e. The normalized spacial score (nSPS) is 22.8. The van der Waals surface area contributed by atoms with Crippen LogP contribution in [0, 0.1) is 11.8 Å². The molecule has 2 aliphatic rings. The maximum absolute atomic E-state index is 13.7. The average molecular weight is 470 g/mol. The average Bonchev–Trinajstić information content (AvgIpc) is 3.55. The van der Waals surface area contributed by atoms with Crippen LogP contribution in [0.4, 0.5) is 0 Å². The van der Waals surface area contributed by atoms with Gasteiger partial charge < -0.3 is 4.74 Å². The van der Waals surface area contributed by atoms with E-state index in [1.54, 1.807) is 0 Å². The van der Waals surface area contributed by atoms with Crippen LogP contribution in [-0.4, -0.2) is 29.8 Å². The van der Waals surface area contributed by atoms with Gasteiger partial charge in [-0.05, 0) is 75.8 Å². The number of nitrogens with zero attached hydrogens (tertiary/aromatic N) is 1. The van der Waals surface area contributed by atoms with Gasteiger partial charge in [-0.25, -0.2) is 0 Å². The number of fused-ring (bicyclic) bond motifs is 1. The Labute approximate surface area is 188 Å². The Balaban J connectivity index is 1.66. The fourth-order valence-electron chi connectivity index (χ4n) is 4.80. The molecule has 0 spiro atoms. The lowest BCUT2D eigenvalue weighted by Crippen LogP contribution is -2.55. The van der Waals surface area contributed by atoms with Gasteiger partial charge in [0.1, 0.15) is 12.4 Å². The number of carbonyl (C=O) groups is 1. The number of halogens is 1. The summed E-state index contributed by atoms with van der Waals surface area (Å²) in [4.78, 5) is 16.1. The Bertz CT molecular complexity index is 920. The fourth-order valence-corrected chi connectivity index (χ4v) is 5.77. The van der Waals surface area contributed by atoms with Gasteiger partial charge in [0.05, 0.1) is 10.5 Å². The van der Waals surface area contributed by atoms with E-state index in [9.17, 15) is 4.79 Å². The van der Waals surface area contributed by atoms with E-state index < -0.39 is 0 Å². The quantitative estimate of drug-likeness (QED) is 0.480. The van der Waals surface area contributed by atoms with Crippen molar-refractivity contribution in [1.82, 2.24) is 4.90 Å². The van der Waals surface area contributed by atoms with Gasteiger partial charge in [-0.1, -0.05) is 58.0 Å². The summed E-state index contributed by atoms with van der Waals surface area (Å²) in [6.45, 7) is 11.4. The molecule has 0 N–H and O–H groups in total. The fraction of sp³-hybridized carbons (Fsp3) is 0.500. The number of benzene rings is 2. The highest BCUT2D eigenvalue weighted by Crippen LogP contribution is 2.49. The van der Waals surface area contributed by atoms with E-state index in [1.165, 1.54) is 12.8 Å². The smallest absolute Gasteiger partial charge is 0.180 e. The molecule has 2 aromatic rings. The Morgan fingerprint density at radius 2 is 1.83 bits per heavy atom. The first-order chi connectivity index (χ1) is 14.3. The van der Waals surface area contributed by atoms with Gasteiger partial charge in [0, 0.05) is 12.1 Å². The molecule has 3 nitrogen and oxygen atoms in total. The summed E-state index contributed by atoms with van der Waals surface area (Å²) in [6, 6.07) is 14.0. The SMILES string of the molecule is CCN(CC1CC1)[C@@H]1C(=O)c2ccc(OCc3ccccc3)c(Br)c2C(C)(C)[C@H]1C. The molecule has 1 saturated carbocycles. The molecular formula is C26H32BrNO2. The molecule has 160 valence electrons. The molecule has 0 aromatic heterocycles. The predicted octanol–water partition coefficient (Wildman–Crippen LogP) is 6.24.